The van der Waals surface area contributed by atoms with Crippen LogP contribution in [-0.2, 0) is 9.53 Å². The zero-order valence-electron chi connectivity index (χ0n) is 21.3. The third-order valence-corrected chi connectivity index (χ3v) is 7.53. The third-order valence-electron chi connectivity index (χ3n) is 7.04. The molecule has 2 fully saturated rings. The van der Waals surface area contributed by atoms with Crippen LogP contribution in [-0.4, -0.2) is 64.5 Å². The summed E-state index contributed by atoms with van der Waals surface area (Å²) >= 11 is 3.42. The number of rotatable bonds is 7. The molecule has 1 aliphatic heterocycles. The molecule has 0 spiro atoms. The van der Waals surface area contributed by atoms with Crippen molar-refractivity contribution in [3.05, 3.63) is 72.7 Å². The second-order valence-electron chi connectivity index (χ2n) is 9.59. The molecule has 0 unspecified atom stereocenters. The first-order valence-electron chi connectivity index (χ1n) is 12.9. The summed E-state index contributed by atoms with van der Waals surface area (Å²) in [4.78, 5) is 43.6. The number of hydrogen-bond acceptors (Lipinski definition) is 8. The number of carbonyl (C=O) groups is 1. The van der Waals surface area contributed by atoms with E-state index in [9.17, 15) is 19.7 Å². The number of nitro groups is 1. The minimum Gasteiger partial charge on any atom is -0.483 e. The molecule has 2 aromatic carbocycles. The molecule has 39 heavy (non-hydrogen) atoms. The van der Waals surface area contributed by atoms with Gasteiger partial charge in [0.1, 0.15) is 11.6 Å². The largest absolute Gasteiger partial charge is 0.483 e. The van der Waals surface area contributed by atoms with Crippen molar-refractivity contribution < 1.29 is 19.2 Å². The summed E-state index contributed by atoms with van der Waals surface area (Å²) in [7, 11) is 0. The molecular formula is C27H28BrN5O6. The molecule has 0 bridgehead atoms. The summed E-state index contributed by atoms with van der Waals surface area (Å²) in [5.74, 6) is 0.680. The predicted octanol–water partition coefficient (Wildman–Crippen LogP) is 4.23. The van der Waals surface area contributed by atoms with Crippen molar-refractivity contribution in [3.63, 3.8) is 0 Å². The molecule has 1 saturated carbocycles. The summed E-state index contributed by atoms with van der Waals surface area (Å²) in [6.45, 7) is 1.66. The van der Waals surface area contributed by atoms with E-state index < -0.39 is 4.92 Å². The van der Waals surface area contributed by atoms with Crippen molar-refractivity contribution in [2.75, 3.05) is 32.9 Å². The number of nitrogens with zero attached hydrogens (tertiary/aromatic N) is 5. The van der Waals surface area contributed by atoms with Crippen molar-refractivity contribution in [1.29, 1.82) is 0 Å². The van der Waals surface area contributed by atoms with Crippen molar-refractivity contribution in [2.24, 2.45) is 5.10 Å². The number of benzene rings is 2. The number of ether oxygens (including phenoxy) is 2. The van der Waals surface area contributed by atoms with Gasteiger partial charge in [0.15, 0.2) is 6.61 Å². The molecule has 1 saturated heterocycles. The second-order valence-corrected chi connectivity index (χ2v) is 10.5. The number of non-ortho nitro benzene ring substituents is 1. The van der Waals surface area contributed by atoms with E-state index in [1.54, 1.807) is 17.0 Å². The quantitative estimate of drug-likeness (QED) is 0.226. The van der Waals surface area contributed by atoms with Gasteiger partial charge in [0.05, 0.1) is 35.3 Å². The number of morpholine rings is 1. The van der Waals surface area contributed by atoms with Gasteiger partial charge < -0.3 is 14.4 Å². The van der Waals surface area contributed by atoms with E-state index in [0.29, 0.717) is 43.0 Å². The Hall–Kier alpha value is -3.64. The van der Waals surface area contributed by atoms with Crippen LogP contribution in [0.5, 0.6) is 5.75 Å². The molecule has 5 rings (SSSR count). The maximum atomic E-state index is 13.6. The van der Waals surface area contributed by atoms with Gasteiger partial charge in [0.25, 0.3) is 17.2 Å². The van der Waals surface area contributed by atoms with E-state index in [1.807, 2.05) is 6.07 Å². The van der Waals surface area contributed by atoms with Crippen LogP contribution < -0.4 is 10.3 Å². The van der Waals surface area contributed by atoms with Crippen LogP contribution >= 0.6 is 15.9 Å². The minimum absolute atomic E-state index is 0.0728. The Morgan fingerprint density at radius 2 is 1.95 bits per heavy atom. The highest BCUT2D eigenvalue weighted by Crippen LogP contribution is 2.32. The van der Waals surface area contributed by atoms with Crippen LogP contribution in [0.1, 0.15) is 49.4 Å². The van der Waals surface area contributed by atoms with E-state index in [4.69, 9.17) is 14.5 Å². The average Bonchev–Trinajstić information content (AvgIpc) is 2.96. The van der Waals surface area contributed by atoms with Gasteiger partial charge in [0, 0.05) is 41.2 Å². The molecule has 1 aliphatic carbocycles. The lowest BCUT2D eigenvalue weighted by atomic mass is 9.88. The molecule has 2 aliphatic rings. The number of halogens is 1. The van der Waals surface area contributed by atoms with Crippen LogP contribution in [0.3, 0.4) is 0 Å². The molecule has 11 nitrogen and oxygen atoms in total. The molecule has 0 radical (unpaired) electrons. The van der Waals surface area contributed by atoms with Gasteiger partial charge in [-0.25, -0.2) is 4.98 Å². The van der Waals surface area contributed by atoms with Gasteiger partial charge >= 0.3 is 0 Å². The van der Waals surface area contributed by atoms with Gasteiger partial charge in [-0.3, -0.25) is 19.7 Å². The second kappa shape index (κ2) is 12.0. The highest BCUT2D eigenvalue weighted by atomic mass is 79.9. The summed E-state index contributed by atoms with van der Waals surface area (Å²) in [5.41, 5.74) is 0.378. The number of carbonyl (C=O) groups excluding carboxylic acids is 1. The lowest BCUT2D eigenvalue weighted by molar-refractivity contribution is -0.384. The molecule has 204 valence electrons. The Morgan fingerprint density at radius 3 is 2.69 bits per heavy atom. The lowest BCUT2D eigenvalue weighted by Crippen LogP contribution is -2.43. The molecule has 12 heteroatoms. The topological polar surface area (TPSA) is 129 Å². The zero-order valence-corrected chi connectivity index (χ0v) is 22.8. The Balaban J connectivity index is 1.51. The Bertz CT molecular complexity index is 1480. The maximum absolute atomic E-state index is 13.6. The fourth-order valence-electron chi connectivity index (χ4n) is 4.95. The van der Waals surface area contributed by atoms with Gasteiger partial charge in [0.2, 0.25) is 0 Å². The number of amides is 1. The van der Waals surface area contributed by atoms with Crippen LogP contribution in [0.15, 0.2) is 50.8 Å². The van der Waals surface area contributed by atoms with Gasteiger partial charge in [-0.2, -0.15) is 9.78 Å². The molecule has 0 N–H and O–H groups in total. The first-order valence-corrected chi connectivity index (χ1v) is 13.7. The molecule has 1 aromatic heterocycles. The van der Waals surface area contributed by atoms with Crippen LogP contribution in [0.25, 0.3) is 10.9 Å². The van der Waals surface area contributed by atoms with Gasteiger partial charge in [-0.05, 0) is 37.1 Å². The Labute approximate surface area is 232 Å². The lowest BCUT2D eigenvalue weighted by Gasteiger charge is -2.26. The summed E-state index contributed by atoms with van der Waals surface area (Å²) in [5, 5.41) is 16.4. The van der Waals surface area contributed by atoms with Gasteiger partial charge in [-0.15, -0.1) is 0 Å². The SMILES string of the molecule is O=C(COc1ccc([N+](=O)[O-])cc1C=Nn1c(C2CCCCC2)nc2ccc(Br)cc2c1=O)N1CCOCC1. The highest BCUT2D eigenvalue weighted by Gasteiger charge is 2.23. The summed E-state index contributed by atoms with van der Waals surface area (Å²) in [6.07, 6.45) is 6.39. The molecular weight excluding hydrogens is 570 g/mol. The van der Waals surface area contributed by atoms with Crippen molar-refractivity contribution in [1.82, 2.24) is 14.6 Å². The standard InChI is InChI=1S/C27H28BrN5O6/c28-20-6-8-23-22(15-20)27(35)32(26(30-23)18-4-2-1-3-5-18)29-16-19-14-21(33(36)37)7-9-24(19)39-17-25(34)31-10-12-38-13-11-31/h6-9,14-16,18H,1-5,10-13,17H2. The predicted molar refractivity (Wildman–Crippen MR) is 149 cm³/mol. The zero-order chi connectivity index (χ0) is 27.4. The molecule has 0 atom stereocenters. The van der Waals surface area contributed by atoms with Crippen molar-refractivity contribution >= 4 is 44.6 Å². The maximum Gasteiger partial charge on any atom is 0.282 e. The fourth-order valence-corrected chi connectivity index (χ4v) is 5.31. The van der Waals surface area contributed by atoms with E-state index in [2.05, 4.69) is 21.0 Å². The molecule has 2 heterocycles. The summed E-state index contributed by atoms with van der Waals surface area (Å²) < 4.78 is 13.1. The Morgan fingerprint density at radius 1 is 1.18 bits per heavy atom. The first kappa shape index (κ1) is 26.9. The molecule has 1 amide bonds. The number of nitro benzene ring substituents is 1. The molecule has 3 aromatic rings. The van der Waals surface area contributed by atoms with Crippen LogP contribution in [0.2, 0.25) is 0 Å². The smallest absolute Gasteiger partial charge is 0.282 e. The van der Waals surface area contributed by atoms with E-state index in [0.717, 1.165) is 36.6 Å². The third kappa shape index (κ3) is 6.17. The van der Waals surface area contributed by atoms with Crippen molar-refractivity contribution in [3.8, 4) is 5.75 Å². The summed E-state index contributed by atoms with van der Waals surface area (Å²) in [6, 6.07) is 9.42. The highest BCUT2D eigenvalue weighted by molar-refractivity contribution is 9.10. The Kier molecular flexibility index (Phi) is 8.32. The van der Waals surface area contributed by atoms with Crippen LogP contribution in [0.4, 0.5) is 5.69 Å². The number of hydrogen-bond donors (Lipinski definition) is 0. The van der Waals surface area contributed by atoms with E-state index in [-0.39, 0.29) is 41.0 Å². The minimum atomic E-state index is -0.519. The normalized spacial score (nSPS) is 16.6. The van der Waals surface area contributed by atoms with Crippen LogP contribution in [0, 0.1) is 10.1 Å². The van der Waals surface area contributed by atoms with Gasteiger partial charge in [-0.1, -0.05) is 35.2 Å². The monoisotopic (exact) mass is 597 g/mol. The number of fused-ring (bicyclic) bond motifs is 1. The number of aromatic nitrogens is 2. The van der Waals surface area contributed by atoms with E-state index in [1.165, 1.54) is 29.1 Å². The van der Waals surface area contributed by atoms with E-state index >= 15 is 0 Å². The fraction of sp³-hybridized carbons (Fsp3) is 0.407. The van der Waals surface area contributed by atoms with Crippen molar-refractivity contribution in [2.45, 2.75) is 38.0 Å². The first-order chi connectivity index (χ1) is 18.9. The average molecular weight is 598 g/mol.